The van der Waals surface area contributed by atoms with Crippen LogP contribution in [0.15, 0.2) is 29.0 Å². The Morgan fingerprint density at radius 2 is 2.05 bits per heavy atom. The minimum atomic E-state index is -4.68. The van der Waals surface area contributed by atoms with E-state index in [4.69, 9.17) is 11.5 Å². The second-order valence-electron chi connectivity index (χ2n) is 4.78. The molecule has 0 aromatic heterocycles. The second kappa shape index (κ2) is 6.81. The molecular formula is C12H20F3N5O. The summed E-state index contributed by atoms with van der Waals surface area (Å²) in [4.78, 5) is 7.40. The summed E-state index contributed by atoms with van der Waals surface area (Å²) >= 11 is 0. The van der Waals surface area contributed by atoms with Crippen LogP contribution in [0.1, 0.15) is 6.42 Å². The van der Waals surface area contributed by atoms with Gasteiger partial charge in [-0.05, 0) is 25.6 Å². The molecule has 1 aliphatic carbocycles. The molecule has 0 aliphatic heterocycles. The van der Waals surface area contributed by atoms with Crippen molar-refractivity contribution in [1.82, 2.24) is 9.80 Å². The number of allylic oxidation sites excluding steroid dienone is 1. The summed E-state index contributed by atoms with van der Waals surface area (Å²) in [6.07, 6.45) is -0.827. The van der Waals surface area contributed by atoms with Crippen molar-refractivity contribution < 1.29 is 17.9 Å². The molecule has 0 saturated carbocycles. The van der Waals surface area contributed by atoms with Gasteiger partial charge in [0.05, 0.1) is 0 Å². The van der Waals surface area contributed by atoms with E-state index >= 15 is 0 Å². The van der Waals surface area contributed by atoms with E-state index in [0.717, 1.165) is 0 Å². The van der Waals surface area contributed by atoms with Gasteiger partial charge >= 0.3 is 6.36 Å². The first kappa shape index (κ1) is 17.3. The molecule has 2 unspecified atom stereocenters. The van der Waals surface area contributed by atoms with Crippen molar-refractivity contribution in [1.29, 1.82) is 0 Å². The average Bonchev–Trinajstić information content (AvgIpc) is 2.36. The number of likely N-dealkylation sites (N-methyl/N-ethyl adjacent to an activating group) is 1. The van der Waals surface area contributed by atoms with Gasteiger partial charge in [-0.25, -0.2) is 4.99 Å². The van der Waals surface area contributed by atoms with E-state index < -0.39 is 12.7 Å². The number of alkyl halides is 3. The first-order valence-corrected chi connectivity index (χ1v) is 6.22. The van der Waals surface area contributed by atoms with E-state index in [1.165, 1.54) is 12.2 Å². The molecule has 1 rings (SSSR count). The maximum atomic E-state index is 12.1. The molecule has 6 nitrogen and oxygen atoms in total. The van der Waals surface area contributed by atoms with Crippen LogP contribution in [0.4, 0.5) is 13.2 Å². The Balaban J connectivity index is 2.62. The molecule has 0 saturated heterocycles. The lowest BCUT2D eigenvalue weighted by Gasteiger charge is -2.30. The van der Waals surface area contributed by atoms with Crippen LogP contribution in [0.5, 0.6) is 0 Å². The molecule has 0 spiro atoms. The number of rotatable bonds is 4. The third kappa shape index (κ3) is 5.64. The molecule has 0 amide bonds. The van der Waals surface area contributed by atoms with Gasteiger partial charge in [0.15, 0.2) is 12.2 Å². The zero-order valence-corrected chi connectivity index (χ0v) is 12.1. The SMILES string of the molecule is CN(C)C(N)=NC(N)N(C)C1C=CC(OC(F)(F)F)=CC1. The van der Waals surface area contributed by atoms with Crippen molar-refractivity contribution in [2.45, 2.75) is 25.1 Å². The zero-order chi connectivity index (χ0) is 16.2. The number of halogens is 3. The topological polar surface area (TPSA) is 80.1 Å². The van der Waals surface area contributed by atoms with Crippen molar-refractivity contribution >= 4 is 5.96 Å². The third-order valence-corrected chi connectivity index (χ3v) is 2.94. The first-order valence-electron chi connectivity index (χ1n) is 6.22. The number of nitrogens with zero attached hydrogens (tertiary/aromatic N) is 3. The normalized spacial score (nSPS) is 21.2. The summed E-state index contributed by atoms with van der Waals surface area (Å²) in [5, 5.41) is 0. The summed E-state index contributed by atoms with van der Waals surface area (Å²) < 4.78 is 40.1. The number of nitrogens with two attached hydrogens (primary N) is 2. The van der Waals surface area contributed by atoms with Crippen LogP contribution < -0.4 is 11.5 Å². The molecule has 120 valence electrons. The Bertz CT molecular complexity index is 445. The summed E-state index contributed by atoms with van der Waals surface area (Å²) in [5.41, 5.74) is 11.6. The van der Waals surface area contributed by atoms with Gasteiger partial charge in [-0.3, -0.25) is 10.6 Å². The lowest BCUT2D eigenvalue weighted by Crippen LogP contribution is -2.46. The fourth-order valence-corrected chi connectivity index (χ4v) is 1.64. The molecule has 0 heterocycles. The molecule has 9 heteroatoms. The monoisotopic (exact) mass is 307 g/mol. The molecule has 21 heavy (non-hydrogen) atoms. The molecule has 0 aromatic carbocycles. The number of aliphatic imine (C=N–C) groups is 1. The maximum absolute atomic E-state index is 12.1. The summed E-state index contributed by atoms with van der Waals surface area (Å²) in [7, 11) is 5.18. The zero-order valence-electron chi connectivity index (χ0n) is 12.1. The Labute approximate surface area is 121 Å². The van der Waals surface area contributed by atoms with Crippen molar-refractivity contribution in [2.75, 3.05) is 21.1 Å². The largest absolute Gasteiger partial charge is 0.573 e. The van der Waals surface area contributed by atoms with Gasteiger partial charge in [0.2, 0.25) is 0 Å². The molecule has 0 bridgehead atoms. The van der Waals surface area contributed by atoms with Crippen molar-refractivity contribution in [3.63, 3.8) is 0 Å². The van der Waals surface area contributed by atoms with Crippen LogP contribution in [0, 0.1) is 0 Å². The molecule has 4 N–H and O–H groups in total. The predicted molar refractivity (Wildman–Crippen MR) is 73.8 cm³/mol. The number of ether oxygens (including phenoxy) is 1. The van der Waals surface area contributed by atoms with E-state index in [-0.39, 0.29) is 17.8 Å². The smallest absolute Gasteiger partial charge is 0.406 e. The maximum Gasteiger partial charge on any atom is 0.573 e. The number of hydrogen-bond acceptors (Lipinski definition) is 4. The van der Waals surface area contributed by atoms with E-state index in [0.29, 0.717) is 6.42 Å². The molecule has 0 fully saturated rings. The third-order valence-electron chi connectivity index (χ3n) is 2.94. The molecule has 1 aliphatic rings. The fourth-order valence-electron chi connectivity index (χ4n) is 1.64. The number of guanidine groups is 1. The predicted octanol–water partition coefficient (Wildman–Crippen LogP) is 0.786. The van der Waals surface area contributed by atoms with Crippen LogP contribution in [-0.4, -0.2) is 55.6 Å². The Morgan fingerprint density at radius 1 is 1.43 bits per heavy atom. The second-order valence-corrected chi connectivity index (χ2v) is 4.78. The quantitative estimate of drug-likeness (QED) is 0.456. The van der Waals surface area contributed by atoms with Crippen LogP contribution >= 0.6 is 0 Å². The van der Waals surface area contributed by atoms with Crippen LogP contribution in [0.3, 0.4) is 0 Å². The summed E-state index contributed by atoms with van der Waals surface area (Å²) in [5.74, 6) is 0.0443. The molecule has 0 radical (unpaired) electrons. The van der Waals surface area contributed by atoms with E-state index in [9.17, 15) is 13.2 Å². The minimum Gasteiger partial charge on any atom is -0.406 e. The highest BCUT2D eigenvalue weighted by Crippen LogP contribution is 2.25. The van der Waals surface area contributed by atoms with Gasteiger partial charge < -0.3 is 15.4 Å². The van der Waals surface area contributed by atoms with Gasteiger partial charge in [0.25, 0.3) is 0 Å². The van der Waals surface area contributed by atoms with Gasteiger partial charge in [0.1, 0.15) is 5.76 Å². The highest BCUT2D eigenvalue weighted by molar-refractivity contribution is 5.77. The summed E-state index contributed by atoms with van der Waals surface area (Å²) in [6, 6.07) is -0.181. The van der Waals surface area contributed by atoms with Crippen molar-refractivity contribution in [3.8, 4) is 0 Å². The Hall–Kier alpha value is -1.74. The van der Waals surface area contributed by atoms with E-state index in [1.807, 2.05) is 0 Å². The Morgan fingerprint density at radius 3 is 2.48 bits per heavy atom. The van der Waals surface area contributed by atoms with Crippen molar-refractivity contribution in [2.24, 2.45) is 16.5 Å². The Kier molecular flexibility index (Phi) is 5.62. The van der Waals surface area contributed by atoms with Crippen LogP contribution in [0.2, 0.25) is 0 Å². The molecular weight excluding hydrogens is 287 g/mol. The summed E-state index contributed by atoms with van der Waals surface area (Å²) in [6.45, 7) is 0. The molecule has 2 atom stereocenters. The van der Waals surface area contributed by atoms with Crippen LogP contribution in [-0.2, 0) is 4.74 Å². The van der Waals surface area contributed by atoms with Crippen molar-refractivity contribution in [3.05, 3.63) is 24.0 Å². The lowest BCUT2D eigenvalue weighted by molar-refractivity contribution is -0.303. The van der Waals surface area contributed by atoms with E-state index in [1.54, 1.807) is 37.0 Å². The number of hydrogen-bond donors (Lipinski definition) is 2. The van der Waals surface area contributed by atoms with Gasteiger partial charge in [-0.15, -0.1) is 13.2 Å². The molecule has 0 aromatic rings. The first-order chi connectivity index (χ1) is 9.60. The van der Waals surface area contributed by atoms with Gasteiger partial charge in [-0.1, -0.05) is 6.08 Å². The highest BCUT2D eigenvalue weighted by atomic mass is 19.4. The van der Waals surface area contributed by atoms with Gasteiger partial charge in [-0.2, -0.15) is 0 Å². The minimum absolute atomic E-state index is 0.181. The van der Waals surface area contributed by atoms with Crippen LogP contribution in [0.25, 0.3) is 0 Å². The standard InChI is InChI=1S/C12H20F3N5O/c1-19(2)10(16)18-11(17)20(3)8-4-6-9(7-5-8)21-12(13,14)15/h4,6-8,11H,5,17H2,1-3H3,(H2,16,18). The van der Waals surface area contributed by atoms with Gasteiger partial charge in [0, 0.05) is 20.1 Å². The highest BCUT2D eigenvalue weighted by Gasteiger charge is 2.32. The van der Waals surface area contributed by atoms with E-state index in [2.05, 4.69) is 9.73 Å². The average molecular weight is 307 g/mol. The lowest BCUT2D eigenvalue weighted by atomic mass is 10.1. The fraction of sp³-hybridized carbons (Fsp3) is 0.583.